The summed E-state index contributed by atoms with van der Waals surface area (Å²) in [6.45, 7) is 1.14. The smallest absolute Gasteiger partial charge is 0.310 e. The number of carboxylic acid groups (broad SMARTS) is 1. The second-order valence-corrected chi connectivity index (χ2v) is 10.3. The first kappa shape index (κ1) is 28.9. The molecule has 0 aliphatic carbocycles. The fourth-order valence-electron chi connectivity index (χ4n) is 4.00. The van der Waals surface area contributed by atoms with Crippen LogP contribution in [0, 0.1) is 5.92 Å². The van der Waals surface area contributed by atoms with Crippen molar-refractivity contribution in [2.45, 2.75) is 38.6 Å². The van der Waals surface area contributed by atoms with Crippen LogP contribution >= 0.6 is 11.8 Å². The summed E-state index contributed by atoms with van der Waals surface area (Å²) in [6.07, 6.45) is 1.33. The molecule has 3 rings (SSSR count). The van der Waals surface area contributed by atoms with Gasteiger partial charge in [0, 0.05) is 11.7 Å². The third-order valence-electron chi connectivity index (χ3n) is 6.09. The monoisotopic (exact) mass is 535 g/mol. The summed E-state index contributed by atoms with van der Waals surface area (Å²) in [7, 11) is 0. The molecule has 7 nitrogen and oxygen atoms in total. The lowest BCUT2D eigenvalue weighted by Gasteiger charge is -2.19. The van der Waals surface area contributed by atoms with Gasteiger partial charge in [0.2, 0.25) is 5.91 Å². The van der Waals surface area contributed by atoms with Gasteiger partial charge in [0.15, 0.2) is 12.4 Å². The number of fused-ring (bicyclic) bond motifs is 1. The third-order valence-corrected chi connectivity index (χ3v) is 7.40. The van der Waals surface area contributed by atoms with Gasteiger partial charge in [-0.1, -0.05) is 79.7 Å². The number of carbonyl (C=O) groups excluding carboxylic acids is 3. The average molecular weight is 536 g/mol. The lowest BCUT2D eigenvalue weighted by atomic mass is 10.0. The standard InChI is InChI=1S/C30H33NO6S/c1-21(20-38-16-8-11-22-9-3-2-4-10-22)30(36)31-26(18-28(33)34)27(32)19-37-29(35)17-24-14-7-13-23-12-5-6-15-25(23)24/h2-7,9-10,12-15,21,26H,8,11,16-20H2,1H3,(H,31,36)(H,33,34). The Morgan fingerprint density at radius 1 is 0.947 bits per heavy atom. The van der Waals surface area contributed by atoms with E-state index in [0.717, 1.165) is 34.9 Å². The van der Waals surface area contributed by atoms with E-state index in [1.165, 1.54) is 5.56 Å². The summed E-state index contributed by atoms with van der Waals surface area (Å²) in [5, 5.41) is 13.7. The fraction of sp³-hybridized carbons (Fsp3) is 0.333. The van der Waals surface area contributed by atoms with Crippen LogP contribution in [-0.2, 0) is 36.8 Å². The van der Waals surface area contributed by atoms with Crippen LogP contribution in [0.1, 0.15) is 30.9 Å². The van der Waals surface area contributed by atoms with Crippen LogP contribution in [-0.4, -0.2) is 52.9 Å². The van der Waals surface area contributed by atoms with Crippen molar-refractivity contribution >= 4 is 46.2 Å². The SMILES string of the molecule is CC(CSCCCc1ccccc1)C(=O)NC(CC(=O)O)C(=O)COC(=O)Cc1cccc2ccccc12. The first-order valence-corrected chi connectivity index (χ1v) is 13.8. The maximum absolute atomic E-state index is 12.7. The summed E-state index contributed by atoms with van der Waals surface area (Å²) in [5.74, 6) is -1.86. The van der Waals surface area contributed by atoms with Crippen LogP contribution in [0.15, 0.2) is 72.8 Å². The molecule has 0 spiro atoms. The first-order chi connectivity index (χ1) is 18.3. The van der Waals surface area contributed by atoms with Gasteiger partial charge in [-0.15, -0.1) is 0 Å². The van der Waals surface area contributed by atoms with Crippen molar-refractivity contribution in [3.63, 3.8) is 0 Å². The summed E-state index contributed by atoms with van der Waals surface area (Å²) < 4.78 is 5.15. The van der Waals surface area contributed by atoms with Gasteiger partial charge in [0.25, 0.3) is 0 Å². The molecular formula is C30H33NO6S. The Balaban J connectivity index is 1.44. The van der Waals surface area contributed by atoms with Gasteiger partial charge in [-0.05, 0) is 40.5 Å². The van der Waals surface area contributed by atoms with Gasteiger partial charge in [0.05, 0.1) is 12.8 Å². The Morgan fingerprint density at radius 3 is 2.42 bits per heavy atom. The molecule has 0 bridgehead atoms. The highest BCUT2D eigenvalue weighted by atomic mass is 32.2. The van der Waals surface area contributed by atoms with Crippen molar-refractivity contribution in [1.82, 2.24) is 5.32 Å². The van der Waals surface area contributed by atoms with E-state index in [2.05, 4.69) is 17.4 Å². The van der Waals surface area contributed by atoms with Crippen molar-refractivity contribution in [3.8, 4) is 0 Å². The average Bonchev–Trinajstić information content (AvgIpc) is 2.91. The van der Waals surface area contributed by atoms with Crippen LogP contribution < -0.4 is 5.32 Å². The van der Waals surface area contributed by atoms with E-state index in [1.807, 2.05) is 60.7 Å². The third kappa shape index (κ3) is 9.34. The minimum atomic E-state index is -1.27. The molecule has 0 radical (unpaired) electrons. The maximum atomic E-state index is 12.7. The minimum Gasteiger partial charge on any atom is -0.481 e. The van der Waals surface area contributed by atoms with E-state index >= 15 is 0 Å². The molecule has 38 heavy (non-hydrogen) atoms. The largest absolute Gasteiger partial charge is 0.481 e. The molecule has 2 N–H and O–H groups in total. The zero-order valence-electron chi connectivity index (χ0n) is 21.4. The van der Waals surface area contributed by atoms with E-state index in [-0.39, 0.29) is 6.42 Å². The van der Waals surface area contributed by atoms with Gasteiger partial charge in [-0.2, -0.15) is 11.8 Å². The van der Waals surface area contributed by atoms with Crippen LogP contribution in [0.4, 0.5) is 0 Å². The Kier molecular flexibility index (Phi) is 11.4. The molecule has 0 aromatic heterocycles. The number of aryl methyl sites for hydroxylation is 1. The summed E-state index contributed by atoms with van der Waals surface area (Å²) in [6, 6.07) is 22.1. The molecule has 3 aromatic rings. The lowest BCUT2D eigenvalue weighted by Crippen LogP contribution is -2.46. The van der Waals surface area contributed by atoms with Gasteiger partial charge in [0.1, 0.15) is 6.04 Å². The van der Waals surface area contributed by atoms with Crippen molar-refractivity contribution in [1.29, 1.82) is 0 Å². The van der Waals surface area contributed by atoms with Crippen LogP contribution in [0.2, 0.25) is 0 Å². The number of carbonyl (C=O) groups is 4. The Labute approximate surface area is 227 Å². The maximum Gasteiger partial charge on any atom is 0.310 e. The Morgan fingerprint density at radius 2 is 1.66 bits per heavy atom. The second-order valence-electron chi connectivity index (χ2n) is 9.17. The number of aliphatic carboxylic acids is 1. The summed E-state index contributed by atoms with van der Waals surface area (Å²) in [5.41, 5.74) is 2.04. The number of Topliss-reactive ketones (excluding diaryl/α,β-unsaturated/α-hetero) is 1. The molecule has 8 heteroatoms. The number of thioether (sulfide) groups is 1. The predicted octanol–water partition coefficient (Wildman–Crippen LogP) is 4.46. The summed E-state index contributed by atoms with van der Waals surface area (Å²) in [4.78, 5) is 49.1. The summed E-state index contributed by atoms with van der Waals surface area (Å²) >= 11 is 1.64. The molecule has 0 fully saturated rings. The topological polar surface area (TPSA) is 110 Å². The van der Waals surface area contributed by atoms with E-state index < -0.39 is 48.6 Å². The number of esters is 1. The molecular weight excluding hydrogens is 502 g/mol. The second kappa shape index (κ2) is 14.9. The minimum absolute atomic E-state index is 0.0247. The Hall–Kier alpha value is -3.65. The number of carboxylic acids is 1. The van der Waals surface area contributed by atoms with Crippen LogP contribution in [0.25, 0.3) is 10.8 Å². The van der Waals surface area contributed by atoms with E-state index in [9.17, 15) is 24.3 Å². The fourth-order valence-corrected chi connectivity index (χ4v) is 5.02. The van der Waals surface area contributed by atoms with Crippen molar-refractivity contribution in [2.75, 3.05) is 18.1 Å². The molecule has 2 atom stereocenters. The number of ether oxygens (including phenoxy) is 1. The number of nitrogens with one attached hydrogen (secondary N) is 1. The highest BCUT2D eigenvalue weighted by Gasteiger charge is 2.26. The number of rotatable bonds is 15. The molecule has 0 aliphatic rings. The first-order valence-electron chi connectivity index (χ1n) is 12.6. The predicted molar refractivity (Wildman–Crippen MR) is 149 cm³/mol. The van der Waals surface area contributed by atoms with E-state index in [4.69, 9.17) is 4.74 Å². The van der Waals surface area contributed by atoms with Gasteiger partial charge >= 0.3 is 11.9 Å². The number of hydrogen-bond donors (Lipinski definition) is 2. The highest BCUT2D eigenvalue weighted by molar-refractivity contribution is 7.99. The van der Waals surface area contributed by atoms with Crippen LogP contribution in [0.5, 0.6) is 0 Å². The molecule has 2 unspecified atom stereocenters. The van der Waals surface area contributed by atoms with Gasteiger partial charge in [-0.3, -0.25) is 19.2 Å². The van der Waals surface area contributed by atoms with Crippen molar-refractivity contribution in [3.05, 3.63) is 83.9 Å². The normalized spacial score (nSPS) is 12.4. The lowest BCUT2D eigenvalue weighted by molar-refractivity contribution is -0.148. The number of hydrogen-bond acceptors (Lipinski definition) is 6. The number of ketones is 1. The molecule has 0 aliphatic heterocycles. The number of benzene rings is 3. The molecule has 200 valence electrons. The zero-order valence-corrected chi connectivity index (χ0v) is 22.2. The zero-order chi connectivity index (χ0) is 27.3. The quantitative estimate of drug-likeness (QED) is 0.218. The van der Waals surface area contributed by atoms with E-state index in [0.29, 0.717) is 5.75 Å². The molecule has 0 saturated carbocycles. The molecule has 0 saturated heterocycles. The van der Waals surface area contributed by atoms with Crippen molar-refractivity contribution in [2.24, 2.45) is 5.92 Å². The van der Waals surface area contributed by atoms with Gasteiger partial charge in [-0.25, -0.2) is 0 Å². The molecule has 0 heterocycles. The van der Waals surface area contributed by atoms with Crippen LogP contribution in [0.3, 0.4) is 0 Å². The van der Waals surface area contributed by atoms with Crippen molar-refractivity contribution < 1.29 is 29.0 Å². The molecule has 3 aromatic carbocycles. The Bertz CT molecular complexity index is 1240. The van der Waals surface area contributed by atoms with Gasteiger partial charge < -0.3 is 15.2 Å². The van der Waals surface area contributed by atoms with E-state index in [1.54, 1.807) is 18.7 Å². The number of amides is 1. The highest BCUT2D eigenvalue weighted by Crippen LogP contribution is 2.19. The molecule has 1 amide bonds.